The number of aromatic nitrogens is 2. The van der Waals surface area contributed by atoms with E-state index in [2.05, 4.69) is 31.2 Å². The van der Waals surface area contributed by atoms with Gasteiger partial charge in [0.05, 0.1) is 5.69 Å². The first kappa shape index (κ1) is 18.8. The third kappa shape index (κ3) is 4.72. The molecule has 0 aromatic carbocycles. The minimum absolute atomic E-state index is 0.210. The van der Waals surface area contributed by atoms with E-state index >= 15 is 0 Å². The lowest BCUT2D eigenvalue weighted by Gasteiger charge is -2.25. The molecule has 2 atom stereocenters. The molecule has 0 spiro atoms. The van der Waals surface area contributed by atoms with Crippen molar-refractivity contribution in [2.45, 2.75) is 72.1 Å². The molecule has 1 amide bonds. The molecule has 1 saturated heterocycles. The van der Waals surface area contributed by atoms with Crippen molar-refractivity contribution in [3.8, 4) is 0 Å². The van der Waals surface area contributed by atoms with Gasteiger partial charge in [0.15, 0.2) is 0 Å². The molecule has 6 nitrogen and oxygen atoms in total. The second kappa shape index (κ2) is 7.13. The molecule has 1 aromatic heterocycles. The van der Waals surface area contributed by atoms with Gasteiger partial charge < -0.3 is 15.0 Å². The summed E-state index contributed by atoms with van der Waals surface area (Å²) < 4.78 is 7.39. The van der Waals surface area contributed by atoms with Crippen LogP contribution in [0.5, 0.6) is 0 Å². The van der Waals surface area contributed by atoms with Crippen LogP contribution in [-0.2, 0) is 18.2 Å². The average molecular weight is 336 g/mol. The highest BCUT2D eigenvalue weighted by Gasteiger charge is 2.30. The van der Waals surface area contributed by atoms with Crippen LogP contribution in [0.15, 0.2) is 0 Å². The molecule has 1 fully saturated rings. The lowest BCUT2D eigenvalue weighted by atomic mass is 10.0. The lowest BCUT2D eigenvalue weighted by molar-refractivity contribution is 0.0290. The zero-order chi connectivity index (χ0) is 18.1. The predicted molar refractivity (Wildman–Crippen MR) is 95.2 cm³/mol. The molecule has 136 valence electrons. The Morgan fingerprint density at radius 1 is 1.42 bits per heavy atom. The van der Waals surface area contributed by atoms with Gasteiger partial charge in [-0.15, -0.1) is 0 Å². The molecule has 1 aromatic rings. The number of likely N-dealkylation sites (tertiary alicyclic amines) is 1. The number of hydrogen-bond acceptors (Lipinski definition) is 4. The number of aryl methyl sites for hydroxylation is 2. The monoisotopic (exact) mass is 336 g/mol. The van der Waals surface area contributed by atoms with Gasteiger partial charge in [0, 0.05) is 37.9 Å². The van der Waals surface area contributed by atoms with Crippen LogP contribution in [0.3, 0.4) is 0 Å². The van der Waals surface area contributed by atoms with Gasteiger partial charge in [-0.25, -0.2) is 4.79 Å². The van der Waals surface area contributed by atoms with E-state index in [1.165, 1.54) is 11.3 Å². The van der Waals surface area contributed by atoms with Crippen molar-refractivity contribution < 1.29 is 9.53 Å². The summed E-state index contributed by atoms with van der Waals surface area (Å²) in [5, 5.41) is 8.14. The van der Waals surface area contributed by atoms with Crippen LogP contribution in [0, 0.1) is 13.8 Å². The highest BCUT2D eigenvalue weighted by atomic mass is 16.6. The number of rotatable bonds is 4. The fourth-order valence-electron chi connectivity index (χ4n) is 3.27. The Hall–Kier alpha value is -1.56. The molecule has 2 rings (SSSR count). The first-order valence-corrected chi connectivity index (χ1v) is 8.80. The van der Waals surface area contributed by atoms with Gasteiger partial charge in [-0.05, 0) is 59.9 Å². The molecule has 0 unspecified atom stereocenters. The van der Waals surface area contributed by atoms with Crippen molar-refractivity contribution in [1.29, 1.82) is 0 Å². The molecule has 0 radical (unpaired) electrons. The number of amides is 1. The molecule has 0 bridgehead atoms. The van der Waals surface area contributed by atoms with Crippen LogP contribution in [0.4, 0.5) is 4.79 Å². The number of nitrogens with one attached hydrogen (secondary N) is 1. The Balaban J connectivity index is 1.85. The van der Waals surface area contributed by atoms with Crippen LogP contribution >= 0.6 is 0 Å². The fourth-order valence-corrected chi connectivity index (χ4v) is 3.27. The Kier molecular flexibility index (Phi) is 5.58. The molecular weight excluding hydrogens is 304 g/mol. The van der Waals surface area contributed by atoms with E-state index in [1.807, 2.05) is 32.5 Å². The van der Waals surface area contributed by atoms with E-state index in [0.717, 1.165) is 25.1 Å². The highest BCUT2D eigenvalue weighted by Crippen LogP contribution is 2.18. The van der Waals surface area contributed by atoms with Crippen molar-refractivity contribution in [2.24, 2.45) is 7.05 Å². The Bertz CT molecular complexity index is 589. The van der Waals surface area contributed by atoms with E-state index in [9.17, 15) is 4.79 Å². The summed E-state index contributed by atoms with van der Waals surface area (Å²) in [6, 6.07) is 0.667. The SMILES string of the molecule is Cc1nn(C)c(C)c1C[C@@H](C)N[C@H]1CCN(C(=O)OC(C)(C)C)C1. The van der Waals surface area contributed by atoms with E-state index in [1.54, 1.807) is 4.90 Å². The summed E-state index contributed by atoms with van der Waals surface area (Å²) in [6.45, 7) is 13.5. The minimum atomic E-state index is -0.439. The fraction of sp³-hybridized carbons (Fsp3) is 0.778. The number of carbonyl (C=O) groups is 1. The second-order valence-corrected chi connectivity index (χ2v) is 7.96. The van der Waals surface area contributed by atoms with Crippen LogP contribution in [0.2, 0.25) is 0 Å². The van der Waals surface area contributed by atoms with Crippen LogP contribution < -0.4 is 5.32 Å². The summed E-state index contributed by atoms with van der Waals surface area (Å²) >= 11 is 0. The zero-order valence-corrected chi connectivity index (χ0v) is 16.1. The molecule has 0 aliphatic carbocycles. The summed E-state index contributed by atoms with van der Waals surface area (Å²) in [7, 11) is 1.99. The number of nitrogens with zero attached hydrogens (tertiary/aromatic N) is 3. The zero-order valence-electron chi connectivity index (χ0n) is 16.1. The summed E-state index contributed by atoms with van der Waals surface area (Å²) in [6.07, 6.45) is 1.71. The topological polar surface area (TPSA) is 59.4 Å². The Labute approximate surface area is 145 Å². The second-order valence-electron chi connectivity index (χ2n) is 7.96. The highest BCUT2D eigenvalue weighted by molar-refractivity contribution is 5.68. The minimum Gasteiger partial charge on any atom is -0.444 e. The maximum absolute atomic E-state index is 12.1. The van der Waals surface area contributed by atoms with Gasteiger partial charge in [-0.1, -0.05) is 0 Å². The predicted octanol–water partition coefficient (Wildman–Crippen LogP) is 2.57. The molecular formula is C18H32N4O2. The molecule has 0 saturated carbocycles. The molecule has 1 N–H and O–H groups in total. The summed E-state index contributed by atoms with van der Waals surface area (Å²) in [5.41, 5.74) is 3.21. The molecule has 1 aliphatic rings. The molecule has 1 aliphatic heterocycles. The molecule has 2 heterocycles. The standard InChI is InChI=1S/C18H32N4O2/c1-12(10-16-13(2)20-21(7)14(16)3)19-15-8-9-22(11-15)17(23)24-18(4,5)6/h12,15,19H,8-11H2,1-7H3/t12-,15+/m1/s1. The normalized spacial score (nSPS) is 19.6. The van der Waals surface area contributed by atoms with E-state index in [0.29, 0.717) is 18.6 Å². The van der Waals surface area contributed by atoms with Gasteiger partial charge in [-0.2, -0.15) is 5.10 Å². The maximum Gasteiger partial charge on any atom is 0.410 e. The smallest absolute Gasteiger partial charge is 0.410 e. The number of ether oxygens (including phenoxy) is 1. The van der Waals surface area contributed by atoms with Gasteiger partial charge in [0.25, 0.3) is 0 Å². The summed E-state index contributed by atoms with van der Waals surface area (Å²) in [5.74, 6) is 0. The van der Waals surface area contributed by atoms with Crippen LogP contribution in [0.25, 0.3) is 0 Å². The van der Waals surface area contributed by atoms with E-state index in [4.69, 9.17) is 4.74 Å². The molecule has 6 heteroatoms. The largest absolute Gasteiger partial charge is 0.444 e. The lowest BCUT2D eigenvalue weighted by Crippen LogP contribution is -2.41. The van der Waals surface area contributed by atoms with Gasteiger partial charge in [0.2, 0.25) is 0 Å². The van der Waals surface area contributed by atoms with E-state index in [-0.39, 0.29) is 6.09 Å². The van der Waals surface area contributed by atoms with Crippen molar-refractivity contribution in [3.63, 3.8) is 0 Å². The number of carbonyl (C=O) groups excluding carboxylic acids is 1. The quantitative estimate of drug-likeness (QED) is 0.918. The maximum atomic E-state index is 12.1. The first-order chi connectivity index (χ1) is 11.1. The Morgan fingerprint density at radius 2 is 2.08 bits per heavy atom. The van der Waals surface area contributed by atoms with Crippen LogP contribution in [0.1, 0.15) is 51.1 Å². The Morgan fingerprint density at radius 3 is 2.62 bits per heavy atom. The average Bonchev–Trinajstić information content (AvgIpc) is 2.98. The van der Waals surface area contributed by atoms with Gasteiger partial charge in [0.1, 0.15) is 5.60 Å². The van der Waals surface area contributed by atoms with Crippen LogP contribution in [-0.4, -0.2) is 51.5 Å². The van der Waals surface area contributed by atoms with Crippen molar-refractivity contribution in [1.82, 2.24) is 20.0 Å². The summed E-state index contributed by atoms with van der Waals surface area (Å²) in [4.78, 5) is 13.9. The van der Waals surface area contributed by atoms with Crippen molar-refractivity contribution in [3.05, 3.63) is 17.0 Å². The molecule has 24 heavy (non-hydrogen) atoms. The first-order valence-electron chi connectivity index (χ1n) is 8.80. The third-order valence-electron chi connectivity index (χ3n) is 4.53. The van der Waals surface area contributed by atoms with Gasteiger partial charge >= 0.3 is 6.09 Å². The number of hydrogen-bond donors (Lipinski definition) is 1. The van der Waals surface area contributed by atoms with Crippen molar-refractivity contribution in [2.75, 3.05) is 13.1 Å². The third-order valence-corrected chi connectivity index (χ3v) is 4.53. The van der Waals surface area contributed by atoms with Gasteiger partial charge in [-0.3, -0.25) is 4.68 Å². The van der Waals surface area contributed by atoms with Crippen molar-refractivity contribution >= 4 is 6.09 Å². The van der Waals surface area contributed by atoms with E-state index < -0.39 is 5.60 Å².